The Labute approximate surface area is 166 Å². The molecule has 0 radical (unpaired) electrons. The van der Waals surface area contributed by atoms with Crippen molar-refractivity contribution in [1.29, 1.82) is 0 Å². The number of nitrogens with one attached hydrogen (secondary N) is 1. The minimum Gasteiger partial charge on any atom is -0.453 e. The van der Waals surface area contributed by atoms with Crippen LogP contribution in [0.4, 0.5) is 0 Å². The largest absolute Gasteiger partial charge is 0.453 e. The van der Waals surface area contributed by atoms with Gasteiger partial charge in [0.2, 0.25) is 0 Å². The van der Waals surface area contributed by atoms with Crippen molar-refractivity contribution in [2.75, 3.05) is 0 Å². The Morgan fingerprint density at radius 1 is 0.893 bits per heavy atom. The minimum atomic E-state index is -0.896. The smallest absolute Gasteiger partial charge is 0.307 e. The van der Waals surface area contributed by atoms with Crippen LogP contribution in [0.25, 0.3) is 11.1 Å². The highest BCUT2D eigenvalue weighted by Crippen LogP contribution is 2.20. The average molecular weight is 381 g/mol. The number of hydrogen-bond acceptors (Lipinski definition) is 4. The molecule has 28 heavy (non-hydrogen) atoms. The highest BCUT2D eigenvalue weighted by atomic mass is 16.5. The predicted octanol–water partition coefficient (Wildman–Crippen LogP) is 4.16. The molecule has 0 fully saturated rings. The van der Waals surface area contributed by atoms with E-state index in [2.05, 4.69) is 5.32 Å². The Morgan fingerprint density at radius 2 is 1.46 bits per heavy atom. The van der Waals surface area contributed by atoms with Gasteiger partial charge in [-0.15, -0.1) is 0 Å². The summed E-state index contributed by atoms with van der Waals surface area (Å²) >= 11 is 0. The van der Waals surface area contributed by atoms with Gasteiger partial charge < -0.3 is 10.1 Å². The summed E-state index contributed by atoms with van der Waals surface area (Å²) in [5.74, 6) is -1.06. The number of hydrogen-bond donors (Lipinski definition) is 1. The Bertz CT molecular complexity index is 820. The van der Waals surface area contributed by atoms with Crippen LogP contribution in [0.3, 0.4) is 0 Å². The SMILES string of the molecule is C[C@@H](OC(=O)CCC(=O)c1ccc(-c2ccccc2)cc1)C(=O)NC(C)(C)C. The summed E-state index contributed by atoms with van der Waals surface area (Å²) in [5.41, 5.74) is 2.24. The van der Waals surface area contributed by atoms with E-state index in [4.69, 9.17) is 4.74 Å². The molecule has 0 aromatic heterocycles. The molecule has 5 heteroatoms. The summed E-state index contributed by atoms with van der Waals surface area (Å²) < 4.78 is 5.12. The first kappa shape index (κ1) is 21.4. The fourth-order valence-corrected chi connectivity index (χ4v) is 2.62. The van der Waals surface area contributed by atoms with Crippen molar-refractivity contribution in [3.63, 3.8) is 0 Å². The van der Waals surface area contributed by atoms with Gasteiger partial charge >= 0.3 is 5.97 Å². The first-order chi connectivity index (χ1) is 13.2. The molecule has 1 N–H and O–H groups in total. The lowest BCUT2D eigenvalue weighted by Crippen LogP contribution is -2.46. The van der Waals surface area contributed by atoms with Gasteiger partial charge in [-0.25, -0.2) is 0 Å². The van der Waals surface area contributed by atoms with Crippen LogP contribution in [0.5, 0.6) is 0 Å². The third kappa shape index (κ3) is 6.65. The van der Waals surface area contributed by atoms with Crippen molar-refractivity contribution in [3.05, 3.63) is 60.2 Å². The second-order valence-electron chi connectivity index (χ2n) is 7.74. The standard InChI is InChI=1S/C23H27NO4/c1-16(22(27)24-23(2,3)4)28-21(26)15-14-20(25)19-12-10-18(11-13-19)17-8-6-5-7-9-17/h5-13,16H,14-15H2,1-4H3,(H,24,27)/t16-/m1/s1. The molecule has 0 heterocycles. The topological polar surface area (TPSA) is 72.5 Å². The van der Waals surface area contributed by atoms with Crippen molar-refractivity contribution < 1.29 is 19.1 Å². The van der Waals surface area contributed by atoms with Crippen LogP contribution in [0.1, 0.15) is 50.9 Å². The highest BCUT2D eigenvalue weighted by molar-refractivity contribution is 5.98. The number of Topliss-reactive ketones (excluding diaryl/α,β-unsaturated/α-hetero) is 1. The summed E-state index contributed by atoms with van der Waals surface area (Å²) in [4.78, 5) is 36.2. The molecule has 0 bridgehead atoms. The normalized spacial score (nSPS) is 12.1. The molecule has 5 nitrogen and oxygen atoms in total. The molecule has 2 aromatic rings. The van der Waals surface area contributed by atoms with E-state index in [-0.39, 0.29) is 24.5 Å². The molecule has 1 amide bonds. The van der Waals surface area contributed by atoms with Gasteiger partial charge in [0, 0.05) is 17.5 Å². The van der Waals surface area contributed by atoms with Crippen molar-refractivity contribution in [2.24, 2.45) is 0 Å². The molecular weight excluding hydrogens is 354 g/mol. The lowest BCUT2D eigenvalue weighted by Gasteiger charge is -2.23. The first-order valence-electron chi connectivity index (χ1n) is 9.36. The number of benzene rings is 2. The van der Waals surface area contributed by atoms with Crippen LogP contribution in [-0.4, -0.2) is 29.3 Å². The van der Waals surface area contributed by atoms with Gasteiger partial charge in [-0.05, 0) is 38.8 Å². The molecule has 0 saturated heterocycles. The summed E-state index contributed by atoms with van der Waals surface area (Å²) in [6.07, 6.45) is -0.921. The lowest BCUT2D eigenvalue weighted by molar-refractivity contribution is -0.155. The molecule has 1 atom stereocenters. The van der Waals surface area contributed by atoms with Crippen LogP contribution >= 0.6 is 0 Å². The van der Waals surface area contributed by atoms with Gasteiger partial charge in [0.15, 0.2) is 11.9 Å². The lowest BCUT2D eigenvalue weighted by atomic mass is 10.0. The van der Waals surface area contributed by atoms with E-state index in [1.165, 1.54) is 6.92 Å². The van der Waals surface area contributed by atoms with Crippen LogP contribution in [0, 0.1) is 0 Å². The number of rotatable bonds is 7. The summed E-state index contributed by atoms with van der Waals surface area (Å²) in [5, 5.41) is 2.75. The number of amides is 1. The zero-order valence-corrected chi connectivity index (χ0v) is 16.8. The highest BCUT2D eigenvalue weighted by Gasteiger charge is 2.22. The van der Waals surface area contributed by atoms with Crippen molar-refractivity contribution in [3.8, 4) is 11.1 Å². The van der Waals surface area contributed by atoms with Gasteiger partial charge in [-0.2, -0.15) is 0 Å². The second kappa shape index (κ2) is 9.31. The Balaban J connectivity index is 1.84. The van der Waals surface area contributed by atoms with Crippen LogP contribution in [0.2, 0.25) is 0 Å². The first-order valence-corrected chi connectivity index (χ1v) is 9.36. The molecule has 2 rings (SSSR count). The second-order valence-corrected chi connectivity index (χ2v) is 7.74. The van der Waals surface area contributed by atoms with E-state index in [9.17, 15) is 14.4 Å². The average Bonchev–Trinajstić information content (AvgIpc) is 2.65. The van der Waals surface area contributed by atoms with Gasteiger partial charge in [0.1, 0.15) is 0 Å². The fourth-order valence-electron chi connectivity index (χ4n) is 2.62. The van der Waals surface area contributed by atoms with Gasteiger partial charge in [0.25, 0.3) is 5.91 Å². The number of carbonyl (C=O) groups is 3. The Morgan fingerprint density at radius 3 is 2.04 bits per heavy atom. The van der Waals surface area contributed by atoms with Crippen molar-refractivity contribution in [2.45, 2.75) is 52.2 Å². The number of ether oxygens (including phenoxy) is 1. The fraction of sp³-hybridized carbons (Fsp3) is 0.348. The molecule has 0 aliphatic carbocycles. The van der Waals surface area contributed by atoms with E-state index in [0.29, 0.717) is 5.56 Å². The summed E-state index contributed by atoms with van der Waals surface area (Å²) in [6, 6.07) is 17.2. The van der Waals surface area contributed by atoms with Crippen LogP contribution in [0.15, 0.2) is 54.6 Å². The monoisotopic (exact) mass is 381 g/mol. The number of carbonyl (C=O) groups excluding carboxylic acids is 3. The summed E-state index contributed by atoms with van der Waals surface area (Å²) in [6.45, 7) is 7.06. The maximum atomic E-state index is 12.3. The van der Waals surface area contributed by atoms with E-state index >= 15 is 0 Å². The third-order valence-corrected chi connectivity index (χ3v) is 4.05. The van der Waals surface area contributed by atoms with E-state index in [0.717, 1.165) is 11.1 Å². The van der Waals surface area contributed by atoms with Gasteiger partial charge in [-0.3, -0.25) is 14.4 Å². The minimum absolute atomic E-state index is 0.0388. The van der Waals surface area contributed by atoms with Gasteiger partial charge in [-0.1, -0.05) is 54.6 Å². The molecule has 0 spiro atoms. The predicted molar refractivity (Wildman–Crippen MR) is 109 cm³/mol. The molecule has 2 aromatic carbocycles. The molecular formula is C23H27NO4. The molecule has 0 saturated carbocycles. The maximum Gasteiger partial charge on any atom is 0.307 e. The van der Waals surface area contributed by atoms with E-state index < -0.39 is 17.6 Å². The Kier molecular flexibility index (Phi) is 7.10. The van der Waals surface area contributed by atoms with Crippen LogP contribution < -0.4 is 5.32 Å². The van der Waals surface area contributed by atoms with Crippen LogP contribution in [-0.2, 0) is 14.3 Å². The van der Waals surface area contributed by atoms with Crippen molar-refractivity contribution >= 4 is 17.7 Å². The van der Waals surface area contributed by atoms with E-state index in [1.54, 1.807) is 12.1 Å². The molecule has 0 unspecified atom stereocenters. The quantitative estimate of drug-likeness (QED) is 0.577. The molecule has 148 valence electrons. The third-order valence-electron chi connectivity index (χ3n) is 4.05. The summed E-state index contributed by atoms with van der Waals surface area (Å²) in [7, 11) is 0. The molecule has 0 aliphatic heterocycles. The number of ketones is 1. The number of esters is 1. The van der Waals surface area contributed by atoms with Crippen molar-refractivity contribution in [1.82, 2.24) is 5.32 Å². The molecule has 0 aliphatic rings. The zero-order chi connectivity index (χ0) is 20.7. The van der Waals surface area contributed by atoms with E-state index in [1.807, 2.05) is 63.2 Å². The zero-order valence-electron chi connectivity index (χ0n) is 16.8. The Hall–Kier alpha value is -2.95. The maximum absolute atomic E-state index is 12.3. The van der Waals surface area contributed by atoms with Gasteiger partial charge in [0.05, 0.1) is 6.42 Å².